The van der Waals surface area contributed by atoms with E-state index in [0.717, 1.165) is 25.7 Å². The van der Waals surface area contributed by atoms with Gasteiger partial charge in [0, 0.05) is 23.9 Å². The van der Waals surface area contributed by atoms with Crippen LogP contribution < -0.4 is 5.73 Å². The maximum absolute atomic E-state index is 12.2. The minimum atomic E-state index is -0.240. The van der Waals surface area contributed by atoms with Gasteiger partial charge in [0.2, 0.25) is 5.91 Å². The lowest BCUT2D eigenvalue weighted by Gasteiger charge is -2.26. The first-order valence-electron chi connectivity index (χ1n) is 6.56. The summed E-state index contributed by atoms with van der Waals surface area (Å²) >= 11 is 1.71. The Morgan fingerprint density at radius 2 is 2.17 bits per heavy atom. The number of hydrogen-bond donors (Lipinski definition) is 1. The van der Waals surface area contributed by atoms with Crippen LogP contribution in [0.15, 0.2) is 11.4 Å². The van der Waals surface area contributed by atoms with Gasteiger partial charge in [0.15, 0.2) is 0 Å². The van der Waals surface area contributed by atoms with Gasteiger partial charge in [-0.1, -0.05) is 12.8 Å². The molecule has 0 atom stereocenters. The Labute approximate surface area is 113 Å². The molecule has 1 aliphatic rings. The number of carbonyl (C=O) groups is 1. The number of aryl methyl sites for hydroxylation is 1. The van der Waals surface area contributed by atoms with Crippen molar-refractivity contribution in [2.75, 3.05) is 7.05 Å². The quantitative estimate of drug-likeness (QED) is 0.910. The van der Waals surface area contributed by atoms with Crippen LogP contribution >= 0.6 is 11.3 Å². The first-order valence-corrected chi connectivity index (χ1v) is 7.44. The molecule has 3 nitrogen and oxygen atoms in total. The summed E-state index contributed by atoms with van der Waals surface area (Å²) in [5, 5.41) is 2.07. The van der Waals surface area contributed by atoms with Gasteiger partial charge in [-0.2, -0.15) is 0 Å². The topological polar surface area (TPSA) is 46.3 Å². The molecule has 0 radical (unpaired) electrons. The summed E-state index contributed by atoms with van der Waals surface area (Å²) in [5.41, 5.74) is 7.28. The Morgan fingerprint density at radius 1 is 1.50 bits per heavy atom. The Morgan fingerprint density at radius 3 is 2.72 bits per heavy atom. The van der Waals surface area contributed by atoms with Crippen molar-refractivity contribution < 1.29 is 4.79 Å². The van der Waals surface area contributed by atoms with Gasteiger partial charge in [0.05, 0.1) is 6.54 Å². The monoisotopic (exact) mass is 266 g/mol. The maximum atomic E-state index is 12.2. The van der Waals surface area contributed by atoms with Gasteiger partial charge in [-0.15, -0.1) is 11.3 Å². The Bertz CT molecular complexity index is 421. The minimum Gasteiger partial charge on any atom is -0.341 e. The molecule has 0 aliphatic heterocycles. The van der Waals surface area contributed by atoms with Crippen molar-refractivity contribution in [3.05, 3.63) is 21.9 Å². The number of thiophene rings is 1. The predicted octanol–water partition coefficient (Wildman–Crippen LogP) is 2.68. The molecule has 2 N–H and O–H groups in total. The standard InChI is InChI=1S/C14H22N2OS/c1-11-5-8-18-12(11)10-16(2)13(17)9-14(15)6-3-4-7-14/h5,8H,3-4,6-7,9-10,15H2,1-2H3. The summed E-state index contributed by atoms with van der Waals surface area (Å²) in [6.07, 6.45) is 4.80. The summed E-state index contributed by atoms with van der Waals surface area (Å²) in [7, 11) is 1.87. The largest absolute Gasteiger partial charge is 0.341 e. The number of nitrogens with zero attached hydrogens (tertiary/aromatic N) is 1. The first-order chi connectivity index (χ1) is 8.50. The molecule has 0 unspecified atom stereocenters. The van der Waals surface area contributed by atoms with E-state index in [-0.39, 0.29) is 11.4 Å². The molecule has 1 fully saturated rings. The van der Waals surface area contributed by atoms with E-state index in [0.29, 0.717) is 13.0 Å². The molecule has 1 aromatic heterocycles. The summed E-state index contributed by atoms with van der Waals surface area (Å²) < 4.78 is 0. The van der Waals surface area contributed by atoms with Crippen LogP contribution in [0.5, 0.6) is 0 Å². The van der Waals surface area contributed by atoms with Gasteiger partial charge in [0.25, 0.3) is 0 Å². The molecule has 1 aromatic rings. The van der Waals surface area contributed by atoms with Gasteiger partial charge in [-0.3, -0.25) is 4.79 Å². The first kappa shape index (κ1) is 13.6. The average molecular weight is 266 g/mol. The molecular weight excluding hydrogens is 244 g/mol. The Balaban J connectivity index is 1.91. The van der Waals surface area contributed by atoms with Crippen LogP contribution in [0.25, 0.3) is 0 Å². The molecular formula is C14H22N2OS. The lowest BCUT2D eigenvalue weighted by Crippen LogP contribution is -2.42. The number of amides is 1. The Hall–Kier alpha value is -0.870. The van der Waals surface area contributed by atoms with E-state index in [1.807, 2.05) is 11.9 Å². The smallest absolute Gasteiger partial charge is 0.224 e. The highest BCUT2D eigenvalue weighted by Gasteiger charge is 2.32. The van der Waals surface area contributed by atoms with Crippen LogP contribution in [-0.2, 0) is 11.3 Å². The van der Waals surface area contributed by atoms with Gasteiger partial charge >= 0.3 is 0 Å². The zero-order valence-corrected chi connectivity index (χ0v) is 12.1. The van der Waals surface area contributed by atoms with E-state index >= 15 is 0 Å². The summed E-state index contributed by atoms with van der Waals surface area (Å²) in [4.78, 5) is 15.3. The zero-order valence-electron chi connectivity index (χ0n) is 11.2. The van der Waals surface area contributed by atoms with Gasteiger partial charge in [-0.05, 0) is 36.8 Å². The second-order valence-corrected chi connectivity index (χ2v) is 6.52. The fourth-order valence-electron chi connectivity index (χ4n) is 2.56. The van der Waals surface area contributed by atoms with Crippen LogP contribution in [-0.4, -0.2) is 23.4 Å². The lowest BCUT2D eigenvalue weighted by molar-refractivity contribution is -0.131. The second-order valence-electron chi connectivity index (χ2n) is 5.52. The van der Waals surface area contributed by atoms with Crippen molar-refractivity contribution in [3.63, 3.8) is 0 Å². The lowest BCUT2D eigenvalue weighted by atomic mass is 9.94. The summed E-state index contributed by atoms with van der Waals surface area (Å²) in [5.74, 6) is 0.173. The fourth-order valence-corrected chi connectivity index (χ4v) is 3.52. The number of carbonyl (C=O) groups excluding carboxylic acids is 1. The molecule has 18 heavy (non-hydrogen) atoms. The third-order valence-corrected chi connectivity index (χ3v) is 4.89. The van der Waals surface area contributed by atoms with Crippen LogP contribution in [0, 0.1) is 6.92 Å². The highest BCUT2D eigenvalue weighted by Crippen LogP contribution is 2.30. The van der Waals surface area contributed by atoms with Crippen molar-refractivity contribution in [1.82, 2.24) is 4.90 Å². The molecule has 1 aliphatic carbocycles. The molecule has 0 saturated heterocycles. The van der Waals surface area contributed by atoms with E-state index < -0.39 is 0 Å². The zero-order chi connectivity index (χ0) is 13.2. The van der Waals surface area contributed by atoms with Crippen LogP contribution in [0.2, 0.25) is 0 Å². The van der Waals surface area contributed by atoms with Gasteiger partial charge < -0.3 is 10.6 Å². The molecule has 100 valence electrons. The van der Waals surface area contributed by atoms with E-state index in [1.54, 1.807) is 11.3 Å². The van der Waals surface area contributed by atoms with Crippen molar-refractivity contribution in [2.45, 2.75) is 51.1 Å². The van der Waals surface area contributed by atoms with Crippen LogP contribution in [0.3, 0.4) is 0 Å². The molecule has 1 heterocycles. The number of nitrogens with two attached hydrogens (primary N) is 1. The van der Waals surface area contributed by atoms with Crippen molar-refractivity contribution in [1.29, 1.82) is 0 Å². The van der Waals surface area contributed by atoms with Crippen LogP contribution in [0.4, 0.5) is 0 Å². The van der Waals surface area contributed by atoms with Crippen molar-refractivity contribution in [3.8, 4) is 0 Å². The van der Waals surface area contributed by atoms with Crippen molar-refractivity contribution in [2.24, 2.45) is 5.73 Å². The molecule has 0 spiro atoms. The number of rotatable bonds is 4. The normalized spacial score (nSPS) is 17.9. The Kier molecular flexibility index (Phi) is 4.07. The molecule has 4 heteroatoms. The molecule has 1 saturated carbocycles. The third kappa shape index (κ3) is 3.12. The van der Waals surface area contributed by atoms with Gasteiger partial charge in [0.1, 0.15) is 0 Å². The van der Waals surface area contributed by atoms with Crippen LogP contribution in [0.1, 0.15) is 42.5 Å². The van der Waals surface area contributed by atoms with E-state index in [9.17, 15) is 4.79 Å². The van der Waals surface area contributed by atoms with E-state index in [4.69, 9.17) is 5.73 Å². The molecule has 2 rings (SSSR count). The summed E-state index contributed by atoms with van der Waals surface area (Å²) in [6, 6.07) is 2.10. The fraction of sp³-hybridized carbons (Fsp3) is 0.643. The maximum Gasteiger partial charge on any atom is 0.224 e. The number of hydrogen-bond acceptors (Lipinski definition) is 3. The SMILES string of the molecule is Cc1ccsc1CN(C)C(=O)CC1(N)CCCC1. The van der Waals surface area contributed by atoms with Gasteiger partial charge in [-0.25, -0.2) is 0 Å². The molecule has 1 amide bonds. The third-order valence-electron chi connectivity index (χ3n) is 3.88. The van der Waals surface area contributed by atoms with E-state index in [2.05, 4.69) is 18.4 Å². The van der Waals surface area contributed by atoms with E-state index in [1.165, 1.54) is 10.4 Å². The predicted molar refractivity (Wildman–Crippen MR) is 75.5 cm³/mol. The minimum absolute atomic E-state index is 0.173. The highest BCUT2D eigenvalue weighted by molar-refractivity contribution is 7.10. The molecule has 0 aromatic carbocycles. The summed E-state index contributed by atoms with van der Waals surface area (Å²) in [6.45, 7) is 2.80. The van der Waals surface area contributed by atoms with Crippen molar-refractivity contribution >= 4 is 17.2 Å². The second kappa shape index (κ2) is 5.41. The average Bonchev–Trinajstić information content (AvgIpc) is 2.89. The molecule has 0 bridgehead atoms. The highest BCUT2D eigenvalue weighted by atomic mass is 32.1.